The van der Waals surface area contributed by atoms with E-state index in [1.807, 2.05) is 31.2 Å². The molecule has 1 heterocycles. The molecule has 3 N–H and O–H groups in total. The van der Waals surface area contributed by atoms with Crippen LogP contribution in [0.4, 0.5) is 5.69 Å². The van der Waals surface area contributed by atoms with Crippen LogP contribution in [0.25, 0.3) is 10.9 Å². The van der Waals surface area contributed by atoms with Crippen molar-refractivity contribution in [2.24, 2.45) is 0 Å². The Morgan fingerprint density at radius 2 is 1.95 bits per heavy atom. The maximum Gasteiger partial charge on any atom is 0.195 e. The lowest BCUT2D eigenvalue weighted by atomic mass is 9.98. The van der Waals surface area contributed by atoms with E-state index in [0.29, 0.717) is 16.8 Å². The number of halogens is 1. The third-order valence-corrected chi connectivity index (χ3v) is 3.88. The molecule has 0 aliphatic heterocycles. The highest BCUT2D eigenvalue weighted by atomic mass is 79.9. The average Bonchev–Trinajstić information content (AvgIpc) is 2.80. The van der Waals surface area contributed by atoms with Gasteiger partial charge in [-0.05, 0) is 42.8 Å². The van der Waals surface area contributed by atoms with Crippen molar-refractivity contribution in [3.05, 3.63) is 63.8 Å². The lowest BCUT2D eigenvalue weighted by Gasteiger charge is -2.05. The smallest absolute Gasteiger partial charge is 0.195 e. The lowest BCUT2D eigenvalue weighted by Crippen LogP contribution is -2.03. The zero-order valence-corrected chi connectivity index (χ0v) is 12.5. The second-order valence-electron chi connectivity index (χ2n) is 4.80. The largest absolute Gasteiger partial charge is 0.399 e. The highest BCUT2D eigenvalue weighted by Crippen LogP contribution is 2.25. The Morgan fingerprint density at radius 1 is 1.15 bits per heavy atom. The molecule has 4 heteroatoms. The number of carbonyl (C=O) groups is 1. The molecule has 0 fully saturated rings. The van der Waals surface area contributed by atoms with Crippen molar-refractivity contribution in [2.75, 3.05) is 5.73 Å². The van der Waals surface area contributed by atoms with E-state index >= 15 is 0 Å². The number of aromatic nitrogens is 1. The summed E-state index contributed by atoms with van der Waals surface area (Å²) in [4.78, 5) is 15.8. The SMILES string of the molecule is Cc1cc(N)ccc1C(=O)c1c[nH]c2cc(Br)ccc12. The van der Waals surface area contributed by atoms with Crippen LogP contribution in [0.15, 0.2) is 47.1 Å². The fraction of sp³-hybridized carbons (Fsp3) is 0.0625. The minimum Gasteiger partial charge on any atom is -0.399 e. The second kappa shape index (κ2) is 4.80. The van der Waals surface area contributed by atoms with Gasteiger partial charge in [-0.2, -0.15) is 0 Å². The third kappa shape index (κ3) is 2.12. The molecule has 2 aromatic carbocycles. The van der Waals surface area contributed by atoms with E-state index in [9.17, 15) is 4.79 Å². The molecule has 0 atom stereocenters. The van der Waals surface area contributed by atoms with Gasteiger partial charge in [0, 0.05) is 38.4 Å². The van der Waals surface area contributed by atoms with Gasteiger partial charge in [0.15, 0.2) is 5.78 Å². The summed E-state index contributed by atoms with van der Waals surface area (Å²) in [5.41, 5.74) is 9.59. The van der Waals surface area contributed by atoms with Gasteiger partial charge < -0.3 is 10.7 Å². The Bertz CT molecular complexity index is 820. The van der Waals surface area contributed by atoms with E-state index in [4.69, 9.17) is 5.73 Å². The maximum atomic E-state index is 12.7. The third-order valence-electron chi connectivity index (χ3n) is 3.38. The number of fused-ring (bicyclic) bond motifs is 1. The van der Waals surface area contributed by atoms with E-state index in [0.717, 1.165) is 20.9 Å². The molecule has 100 valence electrons. The molecule has 0 spiro atoms. The first-order chi connectivity index (χ1) is 9.56. The Balaban J connectivity index is 2.13. The lowest BCUT2D eigenvalue weighted by molar-refractivity contribution is 0.104. The molecule has 0 aliphatic rings. The number of hydrogen-bond acceptors (Lipinski definition) is 2. The molecule has 3 nitrogen and oxygen atoms in total. The van der Waals surface area contributed by atoms with E-state index in [1.165, 1.54) is 0 Å². The number of nitrogens with two attached hydrogens (primary N) is 1. The van der Waals surface area contributed by atoms with Crippen LogP contribution in [-0.2, 0) is 0 Å². The number of benzene rings is 2. The predicted molar refractivity (Wildman–Crippen MR) is 85.0 cm³/mol. The number of nitrogen functional groups attached to an aromatic ring is 1. The van der Waals surface area contributed by atoms with Crippen LogP contribution in [0.2, 0.25) is 0 Å². The van der Waals surface area contributed by atoms with Crippen molar-refractivity contribution in [1.29, 1.82) is 0 Å². The molecule has 0 amide bonds. The first-order valence-corrected chi connectivity index (χ1v) is 7.03. The minimum absolute atomic E-state index is 0.0103. The number of nitrogens with one attached hydrogen (secondary N) is 1. The van der Waals surface area contributed by atoms with Gasteiger partial charge >= 0.3 is 0 Å². The zero-order valence-electron chi connectivity index (χ0n) is 10.9. The molecule has 20 heavy (non-hydrogen) atoms. The van der Waals surface area contributed by atoms with Gasteiger partial charge in [0.25, 0.3) is 0 Å². The number of ketones is 1. The number of carbonyl (C=O) groups excluding carboxylic acids is 1. The van der Waals surface area contributed by atoms with Crippen LogP contribution >= 0.6 is 15.9 Å². The molecule has 0 saturated heterocycles. The van der Waals surface area contributed by atoms with E-state index < -0.39 is 0 Å². The highest BCUT2D eigenvalue weighted by molar-refractivity contribution is 9.10. The summed E-state index contributed by atoms with van der Waals surface area (Å²) in [6.07, 6.45) is 1.76. The summed E-state index contributed by atoms with van der Waals surface area (Å²) in [5.74, 6) is 0.0103. The standard InChI is InChI=1S/C16H13BrN2O/c1-9-6-11(18)3-5-12(9)16(20)14-8-19-15-7-10(17)2-4-13(14)15/h2-8,19H,18H2,1H3. The van der Waals surface area contributed by atoms with Crippen LogP contribution < -0.4 is 5.73 Å². The molecule has 3 rings (SSSR count). The molecule has 1 aromatic heterocycles. The minimum atomic E-state index is 0.0103. The Kier molecular flexibility index (Phi) is 3.10. The van der Waals surface area contributed by atoms with Crippen LogP contribution in [0.1, 0.15) is 21.5 Å². The molecule has 0 saturated carbocycles. The fourth-order valence-corrected chi connectivity index (χ4v) is 2.73. The fourth-order valence-electron chi connectivity index (χ4n) is 2.37. The van der Waals surface area contributed by atoms with Gasteiger partial charge in [0.05, 0.1) is 0 Å². The van der Waals surface area contributed by atoms with Gasteiger partial charge in [0.1, 0.15) is 0 Å². The Labute approximate surface area is 124 Å². The average molecular weight is 329 g/mol. The normalized spacial score (nSPS) is 10.9. The topological polar surface area (TPSA) is 58.9 Å². The van der Waals surface area contributed by atoms with Crippen LogP contribution in [0, 0.1) is 6.92 Å². The quantitative estimate of drug-likeness (QED) is 0.550. The van der Waals surface area contributed by atoms with Crippen LogP contribution in [0.5, 0.6) is 0 Å². The number of aromatic amines is 1. The van der Waals surface area contributed by atoms with Gasteiger partial charge in [-0.15, -0.1) is 0 Å². The van der Waals surface area contributed by atoms with Crippen molar-refractivity contribution in [3.63, 3.8) is 0 Å². The number of rotatable bonds is 2. The summed E-state index contributed by atoms with van der Waals surface area (Å²) in [5, 5.41) is 0.925. The molecular weight excluding hydrogens is 316 g/mol. The van der Waals surface area contributed by atoms with E-state index in [1.54, 1.807) is 18.3 Å². The molecular formula is C16H13BrN2O. The van der Waals surface area contributed by atoms with Crippen molar-refractivity contribution < 1.29 is 4.79 Å². The van der Waals surface area contributed by atoms with Crippen molar-refractivity contribution in [2.45, 2.75) is 6.92 Å². The molecule has 0 bridgehead atoms. The molecule has 3 aromatic rings. The maximum absolute atomic E-state index is 12.7. The summed E-state index contributed by atoms with van der Waals surface area (Å²) in [6.45, 7) is 1.90. The Morgan fingerprint density at radius 3 is 2.70 bits per heavy atom. The number of anilines is 1. The predicted octanol–water partition coefficient (Wildman–Crippen LogP) is 4.05. The van der Waals surface area contributed by atoms with Crippen LogP contribution in [-0.4, -0.2) is 10.8 Å². The van der Waals surface area contributed by atoms with Gasteiger partial charge in [-0.25, -0.2) is 0 Å². The molecule has 0 radical (unpaired) electrons. The summed E-state index contributed by atoms with van der Waals surface area (Å²) < 4.78 is 0.981. The Hall–Kier alpha value is -2.07. The summed E-state index contributed by atoms with van der Waals surface area (Å²) >= 11 is 3.42. The van der Waals surface area contributed by atoms with Crippen LogP contribution in [0.3, 0.4) is 0 Å². The number of aryl methyl sites for hydroxylation is 1. The van der Waals surface area contributed by atoms with Gasteiger partial charge in [-0.1, -0.05) is 22.0 Å². The van der Waals surface area contributed by atoms with Crippen molar-refractivity contribution in [3.8, 4) is 0 Å². The first kappa shape index (κ1) is 12.9. The van der Waals surface area contributed by atoms with Gasteiger partial charge in [0.2, 0.25) is 0 Å². The van der Waals surface area contributed by atoms with E-state index in [-0.39, 0.29) is 5.78 Å². The van der Waals surface area contributed by atoms with Gasteiger partial charge in [-0.3, -0.25) is 4.79 Å². The molecule has 0 aliphatic carbocycles. The van der Waals surface area contributed by atoms with Crippen molar-refractivity contribution in [1.82, 2.24) is 4.98 Å². The van der Waals surface area contributed by atoms with Crippen molar-refractivity contribution >= 4 is 38.3 Å². The monoisotopic (exact) mass is 328 g/mol. The molecule has 0 unspecified atom stereocenters. The second-order valence-corrected chi connectivity index (χ2v) is 5.71. The number of hydrogen-bond donors (Lipinski definition) is 2. The highest BCUT2D eigenvalue weighted by Gasteiger charge is 2.16. The summed E-state index contributed by atoms with van der Waals surface area (Å²) in [6, 6.07) is 11.2. The summed E-state index contributed by atoms with van der Waals surface area (Å²) in [7, 11) is 0. The number of H-pyrrole nitrogens is 1. The van der Waals surface area contributed by atoms with E-state index in [2.05, 4.69) is 20.9 Å². The zero-order chi connectivity index (χ0) is 14.3. The first-order valence-electron chi connectivity index (χ1n) is 6.24.